The van der Waals surface area contributed by atoms with Gasteiger partial charge in [0.25, 0.3) is 0 Å². The van der Waals surface area contributed by atoms with Crippen molar-refractivity contribution in [2.45, 2.75) is 51.7 Å². The lowest BCUT2D eigenvalue weighted by Crippen LogP contribution is -2.30. The predicted molar refractivity (Wildman–Crippen MR) is 105 cm³/mol. The minimum absolute atomic E-state index is 0.241. The first-order valence-corrected chi connectivity index (χ1v) is 8.73. The molecule has 134 valence electrons. The third-order valence-electron chi connectivity index (χ3n) is 4.52. The number of carbonyl (C=O) groups excluding carboxylic acids is 1. The molecule has 1 N–H and O–H groups in total. The van der Waals surface area contributed by atoms with Crippen LogP contribution in [0.3, 0.4) is 0 Å². The molecule has 0 fully saturated rings. The Morgan fingerprint density at radius 2 is 1.48 bits per heavy atom. The van der Waals surface area contributed by atoms with Crippen LogP contribution in [0.5, 0.6) is 11.5 Å². The molecule has 0 aromatic heterocycles. The van der Waals surface area contributed by atoms with Gasteiger partial charge in [-0.1, -0.05) is 38.1 Å². The first kappa shape index (κ1) is 19.4. The normalized spacial score (nSPS) is 12.1. The van der Waals surface area contributed by atoms with Gasteiger partial charge in [0.05, 0.1) is 0 Å². The number of hydrogen-bond acceptors (Lipinski definition) is 4. The van der Waals surface area contributed by atoms with Crippen LogP contribution in [0.4, 0.5) is 0 Å². The van der Waals surface area contributed by atoms with E-state index in [9.17, 15) is 9.90 Å². The second-order valence-electron chi connectivity index (χ2n) is 7.56. The van der Waals surface area contributed by atoms with Gasteiger partial charge in [-0.3, -0.25) is 4.79 Å². The van der Waals surface area contributed by atoms with Crippen molar-refractivity contribution < 1.29 is 14.6 Å². The van der Waals surface area contributed by atoms with E-state index < -0.39 is 4.75 Å². The summed E-state index contributed by atoms with van der Waals surface area (Å²) in [7, 11) is 0. The number of phenolic OH excluding ortho intramolecular Hbond substituents is 1. The molecule has 0 aliphatic heterocycles. The van der Waals surface area contributed by atoms with Gasteiger partial charge in [0, 0.05) is 5.41 Å². The minimum atomic E-state index is -0.839. The highest BCUT2D eigenvalue weighted by molar-refractivity contribution is 7.82. The lowest BCUT2D eigenvalue weighted by molar-refractivity contribution is -0.136. The summed E-state index contributed by atoms with van der Waals surface area (Å²) in [6.07, 6.45) is 0. The molecule has 4 heteroatoms. The fourth-order valence-electron chi connectivity index (χ4n) is 2.59. The smallest absolute Gasteiger partial charge is 0.326 e. The van der Waals surface area contributed by atoms with Gasteiger partial charge in [0.2, 0.25) is 0 Å². The molecule has 0 atom stereocenters. The van der Waals surface area contributed by atoms with E-state index in [1.165, 1.54) is 0 Å². The van der Waals surface area contributed by atoms with Crippen LogP contribution in [0.2, 0.25) is 0 Å². The number of carbonyl (C=O) groups is 1. The highest BCUT2D eigenvalue weighted by Gasteiger charge is 2.27. The predicted octanol–water partition coefficient (Wildman–Crippen LogP) is 4.95. The van der Waals surface area contributed by atoms with Crippen LogP contribution in [0.1, 0.15) is 49.9 Å². The van der Waals surface area contributed by atoms with Gasteiger partial charge in [-0.25, -0.2) is 0 Å². The topological polar surface area (TPSA) is 46.5 Å². The number of hydrogen-bond donors (Lipinski definition) is 2. The standard InChI is InChI=1S/C21H26O3S/c1-13-11-15(7-9-17(13)22)20(3,4)16-8-10-18(14(2)12-16)24-19(23)21(5,6)25/h7-12,22,25H,1-6H3. The zero-order valence-corrected chi connectivity index (χ0v) is 16.6. The molecule has 0 radical (unpaired) electrons. The third kappa shape index (κ3) is 4.18. The Hall–Kier alpha value is -1.94. The van der Waals surface area contributed by atoms with E-state index in [-0.39, 0.29) is 11.4 Å². The molecule has 0 aliphatic carbocycles. The maximum Gasteiger partial charge on any atom is 0.326 e. The zero-order valence-electron chi connectivity index (χ0n) is 15.7. The number of thiol groups is 1. The highest BCUT2D eigenvalue weighted by Crippen LogP contribution is 2.35. The van der Waals surface area contributed by atoms with Crippen molar-refractivity contribution in [3.63, 3.8) is 0 Å². The average Bonchev–Trinajstić information content (AvgIpc) is 2.50. The van der Waals surface area contributed by atoms with Gasteiger partial charge in [-0.05, 0) is 62.1 Å². The zero-order chi connectivity index (χ0) is 19.0. The van der Waals surface area contributed by atoms with E-state index in [1.807, 2.05) is 44.2 Å². The Bertz CT molecular complexity index is 801. The monoisotopic (exact) mass is 358 g/mol. The SMILES string of the molecule is Cc1cc(C(C)(C)c2ccc(OC(=O)C(C)(C)S)c(C)c2)ccc1O. The maximum absolute atomic E-state index is 12.0. The molecule has 0 saturated carbocycles. The van der Waals surface area contributed by atoms with Gasteiger partial charge >= 0.3 is 5.97 Å². The molecule has 0 spiro atoms. The molecule has 0 saturated heterocycles. The van der Waals surface area contributed by atoms with Gasteiger partial charge in [0.15, 0.2) is 0 Å². The summed E-state index contributed by atoms with van der Waals surface area (Å²) < 4.78 is 4.63. The number of ether oxygens (including phenoxy) is 1. The lowest BCUT2D eigenvalue weighted by Gasteiger charge is -2.27. The first-order valence-electron chi connectivity index (χ1n) is 8.29. The van der Waals surface area contributed by atoms with Gasteiger partial charge < -0.3 is 9.84 Å². The molecular weight excluding hydrogens is 332 g/mol. The quantitative estimate of drug-likeness (QED) is 0.462. The van der Waals surface area contributed by atoms with Crippen molar-refractivity contribution in [3.8, 4) is 11.5 Å². The van der Waals surface area contributed by atoms with Gasteiger partial charge in [-0.15, -0.1) is 0 Å². The first-order chi connectivity index (χ1) is 11.4. The van der Waals surface area contributed by atoms with Crippen LogP contribution in [0, 0.1) is 13.8 Å². The Morgan fingerprint density at radius 3 is 1.96 bits per heavy atom. The number of aryl methyl sites for hydroxylation is 2. The molecule has 0 amide bonds. The second-order valence-corrected chi connectivity index (χ2v) is 8.67. The summed E-state index contributed by atoms with van der Waals surface area (Å²) in [5.41, 5.74) is 3.73. The van der Waals surface area contributed by atoms with Crippen LogP contribution >= 0.6 is 12.6 Å². The van der Waals surface area contributed by atoms with Crippen LogP contribution in [-0.4, -0.2) is 15.8 Å². The number of rotatable bonds is 4. The average molecular weight is 359 g/mol. The number of benzene rings is 2. The Morgan fingerprint density at radius 1 is 0.960 bits per heavy atom. The summed E-state index contributed by atoms with van der Waals surface area (Å²) in [5, 5.41) is 9.76. The van der Waals surface area contributed by atoms with Crippen LogP contribution in [0.15, 0.2) is 36.4 Å². The van der Waals surface area contributed by atoms with Crippen molar-refractivity contribution in [1.29, 1.82) is 0 Å². The van der Waals surface area contributed by atoms with Crippen molar-refractivity contribution in [2.75, 3.05) is 0 Å². The molecule has 0 unspecified atom stereocenters. The summed E-state index contributed by atoms with van der Waals surface area (Å²) in [5.74, 6) is 0.473. The fourth-order valence-corrected chi connectivity index (χ4v) is 2.63. The molecular formula is C21H26O3S. The summed E-state index contributed by atoms with van der Waals surface area (Å²) in [6, 6.07) is 11.5. The van der Waals surface area contributed by atoms with Crippen LogP contribution in [0.25, 0.3) is 0 Å². The van der Waals surface area contributed by atoms with Crippen LogP contribution in [-0.2, 0) is 10.2 Å². The van der Waals surface area contributed by atoms with Crippen molar-refractivity contribution in [1.82, 2.24) is 0 Å². The van der Waals surface area contributed by atoms with Gasteiger partial charge in [-0.2, -0.15) is 12.6 Å². The lowest BCUT2D eigenvalue weighted by atomic mass is 9.77. The van der Waals surface area contributed by atoms with Crippen molar-refractivity contribution in [2.24, 2.45) is 0 Å². The highest BCUT2D eigenvalue weighted by atomic mass is 32.1. The Kier molecular flexibility index (Phi) is 5.24. The Labute approximate surface area is 155 Å². The van der Waals surface area contributed by atoms with Crippen molar-refractivity contribution in [3.05, 3.63) is 58.7 Å². The molecule has 2 rings (SSSR count). The molecule has 0 bridgehead atoms. The maximum atomic E-state index is 12.0. The molecule has 2 aromatic rings. The summed E-state index contributed by atoms with van der Waals surface area (Å²) in [4.78, 5) is 12.0. The van der Waals surface area contributed by atoms with E-state index in [1.54, 1.807) is 19.9 Å². The van der Waals surface area contributed by atoms with Crippen molar-refractivity contribution >= 4 is 18.6 Å². The Balaban J connectivity index is 2.35. The number of phenols is 1. The van der Waals surface area contributed by atoms with E-state index in [2.05, 4.69) is 26.5 Å². The fraction of sp³-hybridized carbons (Fsp3) is 0.381. The van der Waals surface area contributed by atoms with E-state index >= 15 is 0 Å². The van der Waals surface area contributed by atoms with E-state index in [4.69, 9.17) is 4.74 Å². The minimum Gasteiger partial charge on any atom is -0.508 e. The van der Waals surface area contributed by atoms with E-state index in [0.717, 1.165) is 22.3 Å². The van der Waals surface area contributed by atoms with Gasteiger partial charge in [0.1, 0.15) is 16.2 Å². The summed E-state index contributed by atoms with van der Waals surface area (Å²) >= 11 is 4.25. The second kappa shape index (κ2) is 6.75. The van der Waals surface area contributed by atoms with Crippen LogP contribution < -0.4 is 4.74 Å². The molecule has 3 nitrogen and oxygen atoms in total. The molecule has 2 aromatic carbocycles. The molecule has 0 aliphatic rings. The number of esters is 1. The molecule has 0 heterocycles. The largest absolute Gasteiger partial charge is 0.508 e. The molecule has 25 heavy (non-hydrogen) atoms. The van der Waals surface area contributed by atoms with E-state index in [0.29, 0.717) is 11.5 Å². The summed E-state index contributed by atoms with van der Waals surface area (Å²) in [6.45, 7) is 11.5. The number of aromatic hydroxyl groups is 1. The third-order valence-corrected chi connectivity index (χ3v) is 4.70.